The average Bonchev–Trinajstić information content (AvgIpc) is 3.14. The van der Waals surface area contributed by atoms with E-state index in [1.165, 1.54) is 0 Å². The molecular weight excluding hydrogens is 454 g/mol. The summed E-state index contributed by atoms with van der Waals surface area (Å²) in [6.07, 6.45) is 0.622. The molecule has 36 heavy (non-hydrogen) atoms. The lowest BCUT2D eigenvalue weighted by molar-refractivity contribution is 0.0729. The van der Waals surface area contributed by atoms with Crippen molar-refractivity contribution in [2.45, 2.75) is 33.2 Å². The summed E-state index contributed by atoms with van der Waals surface area (Å²) in [5.74, 6) is 1.33. The minimum atomic E-state index is -0.562. The van der Waals surface area contributed by atoms with Gasteiger partial charge in [-0.15, -0.1) is 0 Å². The second-order valence-corrected chi connectivity index (χ2v) is 9.13. The van der Waals surface area contributed by atoms with Crippen LogP contribution in [0.2, 0.25) is 0 Å². The molecule has 0 aliphatic carbocycles. The van der Waals surface area contributed by atoms with E-state index in [9.17, 15) is 9.59 Å². The highest BCUT2D eigenvalue weighted by molar-refractivity contribution is 5.99. The minimum Gasteiger partial charge on any atom is -0.497 e. The Morgan fingerprint density at radius 3 is 2.47 bits per heavy atom. The molecule has 4 aromatic rings. The number of amides is 1. The highest BCUT2D eigenvalue weighted by Crippen LogP contribution is 2.39. The monoisotopic (exact) mass is 483 g/mol. The fourth-order valence-electron chi connectivity index (χ4n) is 5.07. The molecular formula is C30H29NO5. The first-order chi connectivity index (χ1) is 17.4. The molecule has 2 heterocycles. The molecule has 0 bridgehead atoms. The van der Waals surface area contributed by atoms with Crippen LogP contribution in [-0.4, -0.2) is 31.1 Å². The van der Waals surface area contributed by atoms with Gasteiger partial charge in [0.25, 0.3) is 5.91 Å². The molecule has 1 amide bonds. The summed E-state index contributed by atoms with van der Waals surface area (Å²) in [6, 6.07) is 18.6. The van der Waals surface area contributed by atoms with Crippen molar-refractivity contribution in [3.05, 3.63) is 104 Å². The molecule has 1 unspecified atom stereocenters. The predicted octanol–water partition coefficient (Wildman–Crippen LogP) is 5.61. The summed E-state index contributed by atoms with van der Waals surface area (Å²) >= 11 is 0. The third-order valence-electron chi connectivity index (χ3n) is 6.70. The van der Waals surface area contributed by atoms with E-state index >= 15 is 0 Å². The molecule has 184 valence electrons. The van der Waals surface area contributed by atoms with E-state index in [4.69, 9.17) is 13.9 Å². The fraction of sp³-hybridized carbons (Fsp3) is 0.267. The fourth-order valence-corrected chi connectivity index (χ4v) is 5.07. The number of nitrogens with zero attached hydrogens (tertiary/aromatic N) is 1. The number of benzene rings is 3. The predicted molar refractivity (Wildman–Crippen MR) is 139 cm³/mol. The van der Waals surface area contributed by atoms with Crippen LogP contribution in [0.25, 0.3) is 11.0 Å². The van der Waals surface area contributed by atoms with Gasteiger partial charge in [-0.1, -0.05) is 30.3 Å². The van der Waals surface area contributed by atoms with Gasteiger partial charge in [-0.3, -0.25) is 9.59 Å². The molecule has 0 N–H and O–H groups in total. The summed E-state index contributed by atoms with van der Waals surface area (Å²) in [6.45, 7) is 6.73. The Labute approximate surface area is 210 Å². The minimum absolute atomic E-state index is 0.124. The summed E-state index contributed by atoms with van der Waals surface area (Å²) in [7, 11) is 1.63. The highest BCUT2D eigenvalue weighted by Gasteiger charge is 2.42. The van der Waals surface area contributed by atoms with E-state index in [2.05, 4.69) is 0 Å². The van der Waals surface area contributed by atoms with Gasteiger partial charge in [-0.25, -0.2) is 0 Å². The smallest absolute Gasteiger partial charge is 0.290 e. The Morgan fingerprint density at radius 2 is 1.75 bits per heavy atom. The van der Waals surface area contributed by atoms with Crippen LogP contribution in [0.1, 0.15) is 51.3 Å². The topological polar surface area (TPSA) is 69.0 Å². The SMILES string of the molecule is CCOc1cccc(C2c3c(oc4cc(C)cc(C)c4c3=O)C(=O)N2CCc2ccc(OC)cc2)c1. The van der Waals surface area contributed by atoms with Crippen LogP contribution in [0, 0.1) is 13.8 Å². The van der Waals surface area contributed by atoms with Crippen LogP contribution in [0.4, 0.5) is 0 Å². The lowest BCUT2D eigenvalue weighted by Gasteiger charge is -2.25. The second-order valence-electron chi connectivity index (χ2n) is 9.13. The van der Waals surface area contributed by atoms with Crippen molar-refractivity contribution in [1.29, 1.82) is 0 Å². The lowest BCUT2D eigenvalue weighted by atomic mass is 9.96. The normalized spacial score (nSPS) is 14.8. The van der Waals surface area contributed by atoms with E-state index in [0.717, 1.165) is 28.0 Å². The largest absolute Gasteiger partial charge is 0.497 e. The Balaban J connectivity index is 1.63. The molecule has 1 aliphatic rings. The van der Waals surface area contributed by atoms with Crippen molar-refractivity contribution in [2.24, 2.45) is 0 Å². The van der Waals surface area contributed by atoms with E-state index in [1.54, 1.807) is 12.0 Å². The van der Waals surface area contributed by atoms with Gasteiger partial charge in [0.1, 0.15) is 17.1 Å². The third kappa shape index (κ3) is 4.13. The van der Waals surface area contributed by atoms with Gasteiger partial charge in [0, 0.05) is 6.54 Å². The second kappa shape index (κ2) is 9.53. The number of rotatable bonds is 7. The summed E-state index contributed by atoms with van der Waals surface area (Å²) in [5.41, 5.74) is 4.39. The zero-order chi connectivity index (χ0) is 25.4. The van der Waals surface area contributed by atoms with Crippen molar-refractivity contribution in [3.63, 3.8) is 0 Å². The number of fused-ring (bicyclic) bond motifs is 2. The Bertz CT molecular complexity index is 1500. The number of carbonyl (C=O) groups is 1. The summed E-state index contributed by atoms with van der Waals surface area (Å²) in [5, 5.41) is 0.523. The third-order valence-corrected chi connectivity index (χ3v) is 6.70. The first-order valence-corrected chi connectivity index (χ1v) is 12.2. The molecule has 3 aromatic carbocycles. The zero-order valence-electron chi connectivity index (χ0n) is 21.0. The standard InChI is InChI=1S/C30H29NO5/c1-5-35-23-8-6-7-21(17-23)27-26-28(32)25-19(3)15-18(2)16-24(25)36-29(26)30(33)31(27)14-13-20-9-11-22(34-4)12-10-20/h6-12,15-17,27H,5,13-14H2,1-4H3. The van der Waals surface area contributed by atoms with Gasteiger partial charge >= 0.3 is 0 Å². The molecule has 1 aromatic heterocycles. The number of carbonyl (C=O) groups excluding carboxylic acids is 1. The maximum atomic E-state index is 13.9. The first-order valence-electron chi connectivity index (χ1n) is 12.2. The Morgan fingerprint density at radius 1 is 0.972 bits per heavy atom. The van der Waals surface area contributed by atoms with Crippen molar-refractivity contribution in [2.75, 3.05) is 20.3 Å². The van der Waals surface area contributed by atoms with E-state index in [-0.39, 0.29) is 17.1 Å². The van der Waals surface area contributed by atoms with Crippen LogP contribution < -0.4 is 14.9 Å². The number of hydrogen-bond donors (Lipinski definition) is 0. The van der Waals surface area contributed by atoms with Gasteiger partial charge in [0.05, 0.1) is 30.7 Å². The number of aryl methyl sites for hydroxylation is 2. The number of hydrogen-bond acceptors (Lipinski definition) is 5. The molecule has 0 spiro atoms. The Hall–Kier alpha value is -4.06. The van der Waals surface area contributed by atoms with E-state index < -0.39 is 6.04 Å². The molecule has 5 rings (SSSR count). The van der Waals surface area contributed by atoms with Crippen molar-refractivity contribution in [3.8, 4) is 11.5 Å². The Kier molecular flexibility index (Phi) is 6.27. The van der Waals surface area contributed by atoms with Crippen LogP contribution in [-0.2, 0) is 6.42 Å². The van der Waals surface area contributed by atoms with Gasteiger partial charge in [0.15, 0.2) is 5.43 Å². The highest BCUT2D eigenvalue weighted by atomic mass is 16.5. The first kappa shape index (κ1) is 23.7. The quantitative estimate of drug-likeness (QED) is 0.342. The molecule has 0 saturated carbocycles. The maximum absolute atomic E-state index is 13.9. The van der Waals surface area contributed by atoms with Crippen LogP contribution in [0.3, 0.4) is 0 Å². The molecule has 0 radical (unpaired) electrons. The molecule has 1 aliphatic heterocycles. The summed E-state index contributed by atoms with van der Waals surface area (Å²) < 4.78 is 17.1. The molecule has 0 saturated heterocycles. The van der Waals surface area contributed by atoms with Gasteiger partial charge in [-0.2, -0.15) is 0 Å². The maximum Gasteiger partial charge on any atom is 0.290 e. The van der Waals surface area contributed by atoms with Crippen molar-refractivity contribution in [1.82, 2.24) is 4.90 Å². The van der Waals surface area contributed by atoms with Gasteiger partial charge in [0.2, 0.25) is 5.76 Å². The van der Waals surface area contributed by atoms with Crippen LogP contribution in [0.15, 0.2) is 69.9 Å². The van der Waals surface area contributed by atoms with Crippen molar-refractivity contribution < 1.29 is 18.7 Å². The van der Waals surface area contributed by atoms with Gasteiger partial charge in [-0.05, 0) is 79.8 Å². The van der Waals surface area contributed by atoms with Crippen molar-refractivity contribution >= 4 is 16.9 Å². The molecule has 6 nitrogen and oxygen atoms in total. The average molecular weight is 484 g/mol. The molecule has 0 fully saturated rings. The van der Waals surface area contributed by atoms with Crippen LogP contribution in [0.5, 0.6) is 11.5 Å². The zero-order valence-corrected chi connectivity index (χ0v) is 21.0. The molecule has 6 heteroatoms. The van der Waals surface area contributed by atoms with E-state index in [0.29, 0.717) is 41.9 Å². The summed E-state index contributed by atoms with van der Waals surface area (Å²) in [4.78, 5) is 29.4. The molecule has 1 atom stereocenters. The lowest BCUT2D eigenvalue weighted by Crippen LogP contribution is -2.31. The van der Waals surface area contributed by atoms with Gasteiger partial charge < -0.3 is 18.8 Å². The number of methoxy groups -OCH3 is 1. The van der Waals surface area contributed by atoms with Crippen LogP contribution >= 0.6 is 0 Å². The van der Waals surface area contributed by atoms with E-state index in [1.807, 2.05) is 81.4 Å². The number of ether oxygens (including phenoxy) is 2.